The molecule has 0 aromatic heterocycles. The molecular weight excluding hydrogens is 316 g/mol. The molecule has 1 aliphatic carbocycles. The maximum absolute atomic E-state index is 13.2. The van der Waals surface area contributed by atoms with Crippen molar-refractivity contribution in [2.75, 3.05) is 20.3 Å². The van der Waals surface area contributed by atoms with Crippen molar-refractivity contribution in [2.24, 2.45) is 0 Å². The molecule has 1 atom stereocenters. The summed E-state index contributed by atoms with van der Waals surface area (Å²) < 4.78 is 5.25. The van der Waals surface area contributed by atoms with Crippen molar-refractivity contribution in [2.45, 2.75) is 57.0 Å². The number of ether oxygens (including phenoxy) is 1. The molecule has 1 N–H and O–H groups in total. The van der Waals surface area contributed by atoms with E-state index in [1.165, 1.54) is 0 Å². The van der Waals surface area contributed by atoms with Gasteiger partial charge in [0.25, 0.3) is 5.91 Å². The Morgan fingerprint density at radius 3 is 2.64 bits per heavy atom. The van der Waals surface area contributed by atoms with Crippen LogP contribution >= 0.6 is 0 Å². The summed E-state index contributed by atoms with van der Waals surface area (Å²) in [5, 5.41) is 3.09. The number of hydrogen-bond donors (Lipinski definition) is 1. The number of methoxy groups -OCH3 is 1. The lowest BCUT2D eigenvalue weighted by Crippen LogP contribution is -2.61. The summed E-state index contributed by atoms with van der Waals surface area (Å²) in [5.41, 5.74) is 1.10. The second-order valence-electron chi connectivity index (χ2n) is 7.44. The molecule has 5 heteroatoms. The highest BCUT2D eigenvalue weighted by molar-refractivity contribution is 6.02. The first-order valence-corrected chi connectivity index (χ1v) is 9.21. The number of fused-ring (bicyclic) bond motifs is 1. The molecule has 0 radical (unpaired) electrons. The Morgan fingerprint density at radius 1 is 1.32 bits per heavy atom. The average molecular weight is 344 g/mol. The molecule has 1 heterocycles. The standard InChI is InChI=1S/C20H28N2O3/c1-14(2)21-18(23)17-15-8-4-5-9-16(15)19(24)22(12-13-25-3)20(17)10-6-7-11-20/h4-5,8-9,14,17H,6-7,10-13H2,1-3H3,(H,21,23)/t17-/m0/s1. The summed E-state index contributed by atoms with van der Waals surface area (Å²) in [6.07, 6.45) is 3.83. The largest absolute Gasteiger partial charge is 0.383 e. The molecule has 1 fully saturated rings. The Hall–Kier alpha value is -1.88. The van der Waals surface area contributed by atoms with Crippen LogP contribution in [0.25, 0.3) is 0 Å². The van der Waals surface area contributed by atoms with Crippen LogP contribution in [-0.4, -0.2) is 48.6 Å². The lowest BCUT2D eigenvalue weighted by Gasteiger charge is -2.50. The van der Waals surface area contributed by atoms with E-state index >= 15 is 0 Å². The molecule has 2 aliphatic rings. The van der Waals surface area contributed by atoms with Crippen LogP contribution in [0.15, 0.2) is 24.3 Å². The first-order chi connectivity index (χ1) is 12.0. The van der Waals surface area contributed by atoms with Crippen molar-refractivity contribution < 1.29 is 14.3 Å². The Labute approximate surface area is 149 Å². The van der Waals surface area contributed by atoms with Gasteiger partial charge < -0.3 is 15.0 Å². The summed E-state index contributed by atoms with van der Waals surface area (Å²) in [6, 6.07) is 7.66. The number of carbonyl (C=O) groups is 2. The molecule has 25 heavy (non-hydrogen) atoms. The van der Waals surface area contributed by atoms with E-state index in [0.717, 1.165) is 31.2 Å². The van der Waals surface area contributed by atoms with Gasteiger partial charge in [0.15, 0.2) is 0 Å². The highest BCUT2D eigenvalue weighted by atomic mass is 16.5. The van der Waals surface area contributed by atoms with Gasteiger partial charge in [-0.1, -0.05) is 31.0 Å². The van der Waals surface area contributed by atoms with Crippen molar-refractivity contribution >= 4 is 11.8 Å². The van der Waals surface area contributed by atoms with E-state index < -0.39 is 5.54 Å². The van der Waals surface area contributed by atoms with Gasteiger partial charge in [0, 0.05) is 25.3 Å². The Bertz CT molecular complexity index is 650. The lowest BCUT2D eigenvalue weighted by atomic mass is 9.71. The minimum absolute atomic E-state index is 0.0271. The molecule has 0 unspecified atom stereocenters. The molecule has 1 saturated carbocycles. The number of carbonyl (C=O) groups excluding carboxylic acids is 2. The third kappa shape index (κ3) is 3.06. The van der Waals surface area contributed by atoms with Crippen LogP contribution in [-0.2, 0) is 9.53 Å². The molecule has 3 rings (SSSR count). The van der Waals surface area contributed by atoms with Crippen molar-refractivity contribution in [3.05, 3.63) is 35.4 Å². The topological polar surface area (TPSA) is 58.6 Å². The zero-order valence-electron chi connectivity index (χ0n) is 15.4. The third-order valence-corrected chi connectivity index (χ3v) is 5.50. The van der Waals surface area contributed by atoms with Gasteiger partial charge >= 0.3 is 0 Å². The van der Waals surface area contributed by atoms with Gasteiger partial charge in [-0.25, -0.2) is 0 Å². The molecule has 1 spiro atoms. The average Bonchev–Trinajstić information content (AvgIpc) is 3.04. The zero-order chi connectivity index (χ0) is 18.0. The van der Waals surface area contributed by atoms with Crippen molar-refractivity contribution in [3.8, 4) is 0 Å². The van der Waals surface area contributed by atoms with Gasteiger partial charge in [-0.3, -0.25) is 9.59 Å². The maximum atomic E-state index is 13.2. The fraction of sp³-hybridized carbons (Fsp3) is 0.600. The Balaban J connectivity index is 2.11. The van der Waals surface area contributed by atoms with Gasteiger partial charge in [-0.2, -0.15) is 0 Å². The van der Waals surface area contributed by atoms with Crippen LogP contribution in [0.2, 0.25) is 0 Å². The predicted octanol–water partition coefficient (Wildman–Crippen LogP) is 2.71. The molecule has 136 valence electrons. The van der Waals surface area contributed by atoms with Crippen LogP contribution in [0, 0.1) is 0 Å². The molecule has 0 saturated heterocycles. The minimum Gasteiger partial charge on any atom is -0.383 e. The fourth-order valence-corrected chi connectivity index (χ4v) is 4.54. The monoisotopic (exact) mass is 344 g/mol. The van der Waals surface area contributed by atoms with E-state index in [4.69, 9.17) is 4.74 Å². The molecular formula is C20H28N2O3. The Morgan fingerprint density at radius 2 is 2.00 bits per heavy atom. The fourth-order valence-electron chi connectivity index (χ4n) is 4.54. The van der Waals surface area contributed by atoms with E-state index in [1.807, 2.05) is 43.0 Å². The zero-order valence-corrected chi connectivity index (χ0v) is 15.4. The lowest BCUT2D eigenvalue weighted by molar-refractivity contribution is -0.127. The second-order valence-corrected chi connectivity index (χ2v) is 7.44. The van der Waals surface area contributed by atoms with Crippen LogP contribution in [0.5, 0.6) is 0 Å². The van der Waals surface area contributed by atoms with Gasteiger partial charge in [0.1, 0.15) is 0 Å². The van der Waals surface area contributed by atoms with Crippen LogP contribution < -0.4 is 5.32 Å². The van der Waals surface area contributed by atoms with E-state index in [-0.39, 0.29) is 23.8 Å². The SMILES string of the molecule is COCCN1C(=O)c2ccccc2[C@@H](C(=O)NC(C)C)C12CCCC2. The van der Waals surface area contributed by atoms with Gasteiger partial charge in [-0.05, 0) is 38.3 Å². The van der Waals surface area contributed by atoms with E-state index in [0.29, 0.717) is 18.7 Å². The molecule has 2 amide bonds. The molecule has 5 nitrogen and oxygen atoms in total. The smallest absolute Gasteiger partial charge is 0.254 e. The quantitative estimate of drug-likeness (QED) is 0.893. The summed E-state index contributed by atoms with van der Waals surface area (Å²) in [5.74, 6) is -0.259. The number of rotatable bonds is 5. The Kier molecular flexibility index (Phi) is 5.13. The normalized spacial score (nSPS) is 21.7. The first kappa shape index (κ1) is 17.9. The van der Waals surface area contributed by atoms with Crippen molar-refractivity contribution in [1.29, 1.82) is 0 Å². The van der Waals surface area contributed by atoms with E-state index in [2.05, 4.69) is 5.32 Å². The van der Waals surface area contributed by atoms with Crippen LogP contribution in [0.3, 0.4) is 0 Å². The van der Waals surface area contributed by atoms with Crippen LogP contribution in [0.4, 0.5) is 0 Å². The molecule has 1 aliphatic heterocycles. The number of hydrogen-bond acceptors (Lipinski definition) is 3. The summed E-state index contributed by atoms with van der Waals surface area (Å²) in [6.45, 7) is 4.95. The number of amides is 2. The summed E-state index contributed by atoms with van der Waals surface area (Å²) in [7, 11) is 1.65. The molecule has 1 aromatic rings. The number of nitrogens with zero attached hydrogens (tertiary/aromatic N) is 1. The van der Waals surface area contributed by atoms with Crippen molar-refractivity contribution in [1.82, 2.24) is 10.2 Å². The highest BCUT2D eigenvalue weighted by Crippen LogP contribution is 2.50. The molecule has 1 aromatic carbocycles. The van der Waals surface area contributed by atoms with Gasteiger partial charge in [-0.15, -0.1) is 0 Å². The first-order valence-electron chi connectivity index (χ1n) is 9.21. The minimum atomic E-state index is -0.428. The maximum Gasteiger partial charge on any atom is 0.254 e. The van der Waals surface area contributed by atoms with Gasteiger partial charge in [0.2, 0.25) is 5.91 Å². The van der Waals surface area contributed by atoms with Crippen LogP contribution in [0.1, 0.15) is 61.4 Å². The number of nitrogens with one attached hydrogen (secondary N) is 1. The van der Waals surface area contributed by atoms with E-state index in [1.54, 1.807) is 7.11 Å². The summed E-state index contributed by atoms with van der Waals surface area (Å²) in [4.78, 5) is 28.3. The van der Waals surface area contributed by atoms with E-state index in [9.17, 15) is 9.59 Å². The summed E-state index contributed by atoms with van der Waals surface area (Å²) >= 11 is 0. The van der Waals surface area contributed by atoms with Crippen molar-refractivity contribution in [3.63, 3.8) is 0 Å². The van der Waals surface area contributed by atoms with Gasteiger partial charge in [0.05, 0.1) is 18.1 Å². The predicted molar refractivity (Wildman–Crippen MR) is 96.6 cm³/mol. The molecule has 0 bridgehead atoms. The third-order valence-electron chi connectivity index (χ3n) is 5.50. The second kappa shape index (κ2) is 7.16. The highest BCUT2D eigenvalue weighted by Gasteiger charge is 2.55. The number of benzene rings is 1.